The van der Waals surface area contributed by atoms with E-state index >= 15 is 4.39 Å². The molecule has 80 heavy (non-hydrogen) atoms. The van der Waals surface area contributed by atoms with E-state index in [-0.39, 0.29) is 63.8 Å². The first-order valence-electron chi connectivity index (χ1n) is 28.2. The Kier molecular flexibility index (Phi) is 15.3. The Labute approximate surface area is 466 Å². The Morgan fingerprint density at radius 3 is 2.44 bits per heavy atom. The van der Waals surface area contributed by atoms with Gasteiger partial charge in [-0.1, -0.05) is 50.2 Å². The summed E-state index contributed by atoms with van der Waals surface area (Å²) in [6.45, 7) is 12.1. The molecule has 11 rings (SSSR count). The predicted octanol–water partition coefficient (Wildman–Crippen LogP) is 10.6. The van der Waals surface area contributed by atoms with Crippen molar-refractivity contribution < 1.29 is 41.8 Å². The fourth-order valence-corrected chi connectivity index (χ4v) is 14.3. The summed E-state index contributed by atoms with van der Waals surface area (Å²) in [5.41, 5.74) is 3.78. The molecule has 3 atom stereocenters. The number of nitrogens with one attached hydrogen (secondary N) is 3. The van der Waals surface area contributed by atoms with E-state index in [1.54, 1.807) is 33.1 Å². The summed E-state index contributed by atoms with van der Waals surface area (Å²) in [5, 5.41) is 25.8. The van der Waals surface area contributed by atoms with Crippen LogP contribution in [0.2, 0.25) is 0 Å². The fourth-order valence-electron chi connectivity index (χ4n) is 13.4. The minimum atomic E-state index is -4.75. The van der Waals surface area contributed by atoms with Crippen molar-refractivity contribution in [3.05, 3.63) is 129 Å². The minimum absolute atomic E-state index is 0.00384. The van der Waals surface area contributed by atoms with Crippen LogP contribution < -0.4 is 29.1 Å². The number of H-pyrrole nitrogens is 1. The number of hydrogen-bond donors (Lipinski definition) is 4. The fraction of sp³-hybridized carbons (Fsp3) is 0.483. The second-order valence-electron chi connectivity index (χ2n) is 23.4. The number of pyridine rings is 2. The lowest BCUT2D eigenvalue weighted by Gasteiger charge is -2.60. The van der Waals surface area contributed by atoms with Crippen LogP contribution in [0.4, 0.5) is 21.6 Å². The zero-order valence-electron chi connectivity index (χ0n) is 46.1. The predicted molar refractivity (Wildman–Crippen MR) is 303 cm³/mol. The number of piperidine rings is 1. The Morgan fingerprint density at radius 2 is 1.73 bits per heavy atom. The lowest BCUT2D eigenvalue weighted by molar-refractivity contribution is -0.384. The normalized spacial score (nSPS) is 23.3. The van der Waals surface area contributed by atoms with Crippen LogP contribution in [-0.4, -0.2) is 113 Å². The van der Waals surface area contributed by atoms with Crippen molar-refractivity contribution in [3.63, 3.8) is 0 Å². The van der Waals surface area contributed by atoms with E-state index in [0.717, 1.165) is 82.0 Å². The molecule has 3 aromatic carbocycles. The number of aromatic nitrogens is 3. The van der Waals surface area contributed by atoms with Crippen LogP contribution in [0.3, 0.4) is 0 Å². The molecule has 2 bridgehead atoms. The quantitative estimate of drug-likeness (QED) is 0.0465. The van der Waals surface area contributed by atoms with Crippen LogP contribution in [0.1, 0.15) is 131 Å². The number of nitrogens with zero attached hydrogens (tertiary/aromatic N) is 6. The number of piperazine rings is 1. The van der Waals surface area contributed by atoms with E-state index in [9.17, 15) is 28.4 Å². The van der Waals surface area contributed by atoms with Crippen molar-refractivity contribution in [3.8, 4) is 23.1 Å². The number of carbonyl (C=O) groups is 1. The second-order valence-corrected chi connectivity index (χ2v) is 25.1. The van der Waals surface area contributed by atoms with Gasteiger partial charge in [0, 0.05) is 80.9 Å². The Bertz CT molecular complexity index is 3370. The van der Waals surface area contributed by atoms with Gasteiger partial charge in [-0.3, -0.25) is 24.7 Å². The highest BCUT2D eigenvalue weighted by atomic mass is 32.2. The van der Waals surface area contributed by atoms with Gasteiger partial charge in [0.1, 0.15) is 27.9 Å². The van der Waals surface area contributed by atoms with Gasteiger partial charge < -0.3 is 34.5 Å². The highest BCUT2D eigenvalue weighted by Crippen LogP contribution is 2.56. The lowest BCUT2D eigenvalue weighted by atomic mass is 9.59. The van der Waals surface area contributed by atoms with Crippen molar-refractivity contribution in [1.82, 2.24) is 29.5 Å². The van der Waals surface area contributed by atoms with Crippen molar-refractivity contribution in [2.75, 3.05) is 50.1 Å². The number of methoxy groups -OCH3 is 1. The topological polar surface area (TPSA) is 218 Å². The number of amides is 1. The first-order chi connectivity index (χ1) is 38.4. The van der Waals surface area contributed by atoms with Gasteiger partial charge in [-0.05, 0) is 136 Å². The van der Waals surface area contributed by atoms with Crippen molar-refractivity contribution in [2.24, 2.45) is 11.3 Å². The summed E-state index contributed by atoms with van der Waals surface area (Å²) < 4.78 is 62.8. The molecule has 5 fully saturated rings. The number of hydrogen-bond acceptors (Lipinski definition) is 15. The number of fused-ring (bicyclic) bond motifs is 3. The zero-order chi connectivity index (χ0) is 56.1. The molecule has 2 unspecified atom stereocenters. The summed E-state index contributed by atoms with van der Waals surface area (Å²) in [6.07, 6.45) is 11.2. The molecule has 1 amide bonds. The summed E-state index contributed by atoms with van der Waals surface area (Å²) in [7, 11) is -3.05. The Balaban J connectivity index is 0.821. The summed E-state index contributed by atoms with van der Waals surface area (Å²) in [5.74, 6) is -0.408. The number of halogens is 1. The van der Waals surface area contributed by atoms with E-state index in [1.165, 1.54) is 41.4 Å². The molecule has 5 aliphatic rings. The molecule has 424 valence electrons. The number of aliphatic hydroxyl groups is 1. The highest BCUT2D eigenvalue weighted by molar-refractivity contribution is 7.90. The van der Waals surface area contributed by atoms with E-state index in [2.05, 4.69) is 102 Å². The highest BCUT2D eigenvalue weighted by Gasteiger charge is 2.55. The molecule has 1 spiro atoms. The molecule has 20 heteroatoms. The molecule has 6 aromatic rings. The maximum Gasteiger partial charge on any atom is 0.312 e. The smallest absolute Gasteiger partial charge is 0.312 e. The second kappa shape index (κ2) is 22.2. The van der Waals surface area contributed by atoms with Gasteiger partial charge in [0.2, 0.25) is 5.82 Å². The van der Waals surface area contributed by atoms with Crippen LogP contribution in [0.25, 0.3) is 11.0 Å². The molecular weight excluding hydrogens is 1040 g/mol. The van der Waals surface area contributed by atoms with Crippen LogP contribution >= 0.6 is 0 Å². The minimum Gasteiger partial charge on any atom is -0.497 e. The number of ether oxygens (including phenoxy) is 3. The first-order valence-corrected chi connectivity index (χ1v) is 29.7. The van der Waals surface area contributed by atoms with Gasteiger partial charge in [0.15, 0.2) is 5.75 Å². The molecule has 3 saturated heterocycles. The van der Waals surface area contributed by atoms with Crippen molar-refractivity contribution >= 4 is 44.2 Å². The standard InChI is InChI=1S/C60H72FN9O9S/c1-6-78-58-53(29-48-49(61)34-64-55(48)65-58)79-52-27-40(13-17-47(52)57(71)66-80(75,76)44-28-51(70(73)74)56(63-33-44)62-32-38-19-21-59(4,72)22-20-38)67-25-23-60(24-26-67)30-42(31-60)69-36-41-14-18-50(54(69)46-10-8-7-9-45(46)37(2)3)68(41)35-39-11-15-43(77-5)16-12-39/h7-13,15-17,27-29,33-34,37-38,41-42,50,54,72H,6,14,18-26,30-32,35-36H2,1-5H3,(H,62,63)(H,64,65)(H,66,71)/t38?,41?,50?,54-,59?/m1/s1. The largest absolute Gasteiger partial charge is 0.497 e. The number of sulfonamides is 1. The van der Waals surface area contributed by atoms with Crippen LogP contribution in [-0.2, 0) is 16.6 Å². The number of anilines is 2. The first kappa shape index (κ1) is 55.1. The molecule has 2 saturated carbocycles. The van der Waals surface area contributed by atoms with E-state index in [0.29, 0.717) is 56.3 Å². The number of carbonyl (C=O) groups excluding carboxylic acids is 1. The van der Waals surface area contributed by atoms with Crippen LogP contribution in [0.15, 0.2) is 96.2 Å². The van der Waals surface area contributed by atoms with Gasteiger partial charge in [-0.15, -0.1) is 0 Å². The van der Waals surface area contributed by atoms with E-state index in [4.69, 9.17) is 14.2 Å². The number of benzene rings is 3. The molecule has 2 aliphatic carbocycles. The molecule has 3 aliphatic heterocycles. The third kappa shape index (κ3) is 11.2. The lowest BCUT2D eigenvalue weighted by Crippen LogP contribution is -2.62. The molecular formula is C60H72FN9O9S. The third-order valence-corrected chi connectivity index (χ3v) is 19.2. The van der Waals surface area contributed by atoms with Crippen molar-refractivity contribution in [1.29, 1.82) is 0 Å². The average Bonchev–Trinajstić information content (AvgIpc) is 3.95. The van der Waals surface area contributed by atoms with Gasteiger partial charge in [-0.25, -0.2) is 22.5 Å². The Morgan fingerprint density at radius 1 is 0.975 bits per heavy atom. The average molecular weight is 1110 g/mol. The van der Waals surface area contributed by atoms with Gasteiger partial charge in [0.05, 0.1) is 47.4 Å². The third-order valence-electron chi connectivity index (χ3n) is 17.9. The van der Waals surface area contributed by atoms with Gasteiger partial charge >= 0.3 is 5.69 Å². The van der Waals surface area contributed by atoms with E-state index in [1.807, 2.05) is 0 Å². The monoisotopic (exact) mass is 1110 g/mol. The van der Waals surface area contributed by atoms with E-state index < -0.39 is 42.9 Å². The maximum atomic E-state index is 15.0. The molecule has 18 nitrogen and oxygen atoms in total. The zero-order valence-corrected chi connectivity index (χ0v) is 46.9. The van der Waals surface area contributed by atoms with Crippen LogP contribution in [0, 0.1) is 27.3 Å². The SMILES string of the molecule is CCOc1nc2[nH]cc(F)c2cc1Oc1cc(N2CCC3(CC2)CC(N2CC4CCC([C@H]2c2ccccc2C(C)C)N4Cc2ccc(OC)cc2)C3)ccc1C(=O)NS(=O)(=O)c1cnc(NCC2CCC(C)(O)CC2)c([N+](=O)[O-])c1. The van der Waals surface area contributed by atoms with Crippen molar-refractivity contribution in [2.45, 2.75) is 139 Å². The summed E-state index contributed by atoms with van der Waals surface area (Å²) >= 11 is 0. The number of aromatic amines is 1. The maximum absolute atomic E-state index is 15.0. The molecule has 4 N–H and O–H groups in total. The molecule has 0 radical (unpaired) electrons. The Hall–Kier alpha value is -6.87. The number of rotatable bonds is 18. The molecule has 6 heterocycles. The van der Waals surface area contributed by atoms with Gasteiger partial charge in [-0.2, -0.15) is 4.98 Å². The summed E-state index contributed by atoms with van der Waals surface area (Å²) in [4.78, 5) is 44.5. The number of nitro groups is 1. The van der Waals surface area contributed by atoms with Gasteiger partial charge in [0.25, 0.3) is 21.8 Å². The number of likely N-dealkylation sites (tertiary alicyclic amines) is 1. The van der Waals surface area contributed by atoms with Crippen LogP contribution in [0.5, 0.6) is 23.1 Å². The molecule has 3 aromatic heterocycles. The summed E-state index contributed by atoms with van der Waals surface area (Å²) in [6, 6.07) is 26.4.